The molecule has 3 heterocycles. The number of nitrogens with zero attached hydrogens (tertiary/aromatic N) is 3. The van der Waals surface area contributed by atoms with Gasteiger partial charge >= 0.3 is 0 Å². The molecule has 9 heteroatoms. The van der Waals surface area contributed by atoms with Crippen LogP contribution in [-0.4, -0.2) is 55.0 Å². The fourth-order valence-corrected chi connectivity index (χ4v) is 2.83. The molecule has 1 unspecified atom stereocenters. The number of hydrogen-bond donors (Lipinski definition) is 1. The van der Waals surface area contributed by atoms with E-state index >= 15 is 0 Å². The Bertz CT molecular complexity index is 566. The fourth-order valence-electron chi connectivity index (χ4n) is 2.23. The van der Waals surface area contributed by atoms with Crippen molar-refractivity contribution in [3.05, 3.63) is 6.20 Å². The number of aromatic nitrogens is 2. The van der Waals surface area contributed by atoms with E-state index < -0.39 is 16.2 Å². The van der Waals surface area contributed by atoms with Crippen LogP contribution in [0.15, 0.2) is 11.1 Å². The van der Waals surface area contributed by atoms with Gasteiger partial charge in [-0.3, -0.25) is 4.90 Å². The second-order valence-electron chi connectivity index (χ2n) is 4.56. The minimum Gasteiger partial charge on any atom is -0.475 e. The first-order chi connectivity index (χ1) is 8.45. The maximum absolute atomic E-state index is 12.8. The number of alkyl halides is 1. The van der Waals surface area contributed by atoms with Gasteiger partial charge in [-0.2, -0.15) is 5.10 Å². The number of hydrogen-bond acceptors (Lipinski definition) is 5. The van der Waals surface area contributed by atoms with Crippen molar-refractivity contribution in [3.8, 4) is 5.88 Å². The fraction of sp³-hybridized carbons (Fsp3) is 0.667. The summed E-state index contributed by atoms with van der Waals surface area (Å²) in [6, 6.07) is 0.0257. The standard InChI is InChI=1S/C9H13FN4O3S/c10-6-2-13(3-6)7-4-14-9(17-5-7)8(1-12-14)18(11,15)16/h1,6-7H,2-5H2,(H2,11,15,16). The highest BCUT2D eigenvalue weighted by atomic mass is 32.2. The molecule has 2 aliphatic heterocycles. The van der Waals surface area contributed by atoms with Gasteiger partial charge in [0, 0.05) is 13.1 Å². The summed E-state index contributed by atoms with van der Waals surface area (Å²) in [7, 11) is -3.82. The SMILES string of the molecule is NS(=O)(=O)c1cnn2c1OCC(N1CC(F)C1)C2. The van der Waals surface area contributed by atoms with E-state index in [1.165, 1.54) is 10.9 Å². The molecule has 0 aliphatic carbocycles. The summed E-state index contributed by atoms with van der Waals surface area (Å²) in [5.41, 5.74) is 0. The van der Waals surface area contributed by atoms with E-state index in [4.69, 9.17) is 9.88 Å². The Morgan fingerprint density at radius 2 is 2.17 bits per heavy atom. The van der Waals surface area contributed by atoms with E-state index in [0.29, 0.717) is 26.2 Å². The second-order valence-corrected chi connectivity index (χ2v) is 6.09. The molecule has 1 aromatic rings. The van der Waals surface area contributed by atoms with Gasteiger partial charge in [-0.05, 0) is 0 Å². The van der Waals surface area contributed by atoms with Gasteiger partial charge in [0.1, 0.15) is 12.8 Å². The van der Waals surface area contributed by atoms with Crippen molar-refractivity contribution in [2.45, 2.75) is 23.7 Å². The Morgan fingerprint density at radius 1 is 1.44 bits per heavy atom. The summed E-state index contributed by atoms with van der Waals surface area (Å²) in [6.07, 6.45) is 0.408. The Labute approximate surface area is 103 Å². The predicted molar refractivity (Wildman–Crippen MR) is 59.4 cm³/mol. The van der Waals surface area contributed by atoms with Crippen molar-refractivity contribution in [1.82, 2.24) is 14.7 Å². The Balaban J connectivity index is 1.81. The lowest BCUT2D eigenvalue weighted by Crippen LogP contribution is -2.57. The molecule has 0 aromatic carbocycles. The molecule has 7 nitrogen and oxygen atoms in total. The van der Waals surface area contributed by atoms with Crippen molar-refractivity contribution < 1.29 is 17.5 Å². The maximum Gasteiger partial charge on any atom is 0.245 e. The van der Waals surface area contributed by atoms with E-state index in [1.807, 2.05) is 4.90 Å². The van der Waals surface area contributed by atoms with E-state index in [1.54, 1.807) is 0 Å². The summed E-state index contributed by atoms with van der Waals surface area (Å²) in [4.78, 5) is 1.85. The van der Waals surface area contributed by atoms with Gasteiger partial charge in [0.25, 0.3) is 0 Å². The molecule has 0 radical (unpaired) electrons. The van der Waals surface area contributed by atoms with Crippen LogP contribution in [-0.2, 0) is 16.6 Å². The van der Waals surface area contributed by atoms with Crippen LogP contribution < -0.4 is 9.88 Å². The molecule has 2 N–H and O–H groups in total. The van der Waals surface area contributed by atoms with Crippen molar-refractivity contribution >= 4 is 10.0 Å². The second kappa shape index (κ2) is 3.90. The molecule has 1 saturated heterocycles. The monoisotopic (exact) mass is 276 g/mol. The zero-order valence-corrected chi connectivity index (χ0v) is 10.3. The molecule has 0 amide bonds. The molecular weight excluding hydrogens is 263 g/mol. The van der Waals surface area contributed by atoms with E-state index in [2.05, 4.69) is 5.10 Å². The van der Waals surface area contributed by atoms with Crippen molar-refractivity contribution in [2.75, 3.05) is 19.7 Å². The van der Waals surface area contributed by atoms with Crippen LogP contribution in [0.2, 0.25) is 0 Å². The van der Waals surface area contributed by atoms with Gasteiger partial charge < -0.3 is 4.74 Å². The molecule has 1 atom stereocenters. The first kappa shape index (κ1) is 11.9. The zero-order chi connectivity index (χ0) is 12.9. The maximum atomic E-state index is 12.8. The van der Waals surface area contributed by atoms with Crippen molar-refractivity contribution in [1.29, 1.82) is 0 Å². The van der Waals surface area contributed by atoms with Gasteiger partial charge in [0.2, 0.25) is 15.9 Å². The lowest BCUT2D eigenvalue weighted by molar-refractivity contribution is -0.0114. The van der Waals surface area contributed by atoms with Gasteiger partial charge in [0.15, 0.2) is 4.90 Å². The summed E-state index contributed by atoms with van der Waals surface area (Å²) < 4.78 is 42.2. The van der Waals surface area contributed by atoms with Gasteiger partial charge in [-0.25, -0.2) is 22.6 Å². The molecule has 1 fully saturated rings. The van der Waals surface area contributed by atoms with Gasteiger partial charge in [0.05, 0.1) is 18.8 Å². The molecule has 0 spiro atoms. The van der Waals surface area contributed by atoms with Gasteiger partial charge in [-0.1, -0.05) is 0 Å². The highest BCUT2D eigenvalue weighted by Crippen LogP contribution is 2.28. The first-order valence-electron chi connectivity index (χ1n) is 5.54. The molecule has 0 saturated carbocycles. The minimum absolute atomic E-state index is 0.0257. The number of likely N-dealkylation sites (tertiary alicyclic amines) is 1. The van der Waals surface area contributed by atoms with Gasteiger partial charge in [-0.15, -0.1) is 0 Å². The molecular formula is C9H13FN4O3S. The number of nitrogens with two attached hydrogens (primary N) is 1. The van der Waals surface area contributed by atoms with E-state index in [0.717, 1.165) is 0 Å². The Kier molecular flexibility index (Phi) is 2.57. The van der Waals surface area contributed by atoms with Crippen LogP contribution in [0.3, 0.4) is 0 Å². The number of primary sulfonamides is 1. The normalized spacial score (nSPS) is 25.3. The average molecular weight is 276 g/mol. The largest absolute Gasteiger partial charge is 0.475 e. The molecule has 18 heavy (non-hydrogen) atoms. The lowest BCUT2D eigenvalue weighted by Gasteiger charge is -2.41. The van der Waals surface area contributed by atoms with Crippen LogP contribution in [0.1, 0.15) is 0 Å². The summed E-state index contributed by atoms with van der Waals surface area (Å²) in [5, 5.41) is 9.00. The molecule has 100 valence electrons. The number of fused-ring (bicyclic) bond motifs is 1. The Hall–Kier alpha value is -1.19. The highest BCUT2D eigenvalue weighted by Gasteiger charge is 2.36. The quantitative estimate of drug-likeness (QED) is 0.744. The number of rotatable bonds is 2. The third-order valence-corrected chi connectivity index (χ3v) is 4.14. The molecule has 2 aliphatic rings. The zero-order valence-electron chi connectivity index (χ0n) is 9.49. The van der Waals surface area contributed by atoms with Crippen LogP contribution in [0.25, 0.3) is 0 Å². The smallest absolute Gasteiger partial charge is 0.245 e. The number of sulfonamides is 1. The third-order valence-electron chi connectivity index (χ3n) is 3.24. The number of halogens is 1. The highest BCUT2D eigenvalue weighted by molar-refractivity contribution is 7.89. The Morgan fingerprint density at radius 3 is 2.78 bits per heavy atom. The topological polar surface area (TPSA) is 90.5 Å². The molecule has 0 bridgehead atoms. The van der Waals surface area contributed by atoms with E-state index in [-0.39, 0.29) is 16.8 Å². The predicted octanol–water partition coefficient (Wildman–Crippen LogP) is -1.05. The van der Waals surface area contributed by atoms with Crippen molar-refractivity contribution in [2.24, 2.45) is 5.14 Å². The van der Waals surface area contributed by atoms with E-state index in [9.17, 15) is 12.8 Å². The van der Waals surface area contributed by atoms with Crippen LogP contribution in [0, 0.1) is 0 Å². The summed E-state index contributed by atoms with van der Waals surface area (Å²) in [5.74, 6) is 0.172. The van der Waals surface area contributed by atoms with Crippen LogP contribution >= 0.6 is 0 Å². The molecule has 1 aromatic heterocycles. The minimum atomic E-state index is -3.82. The van der Waals surface area contributed by atoms with Crippen LogP contribution in [0.4, 0.5) is 4.39 Å². The average Bonchev–Trinajstić information content (AvgIpc) is 2.66. The third kappa shape index (κ3) is 1.88. The molecule has 3 rings (SSSR count). The number of ether oxygens (including phenoxy) is 1. The first-order valence-corrected chi connectivity index (χ1v) is 7.09. The lowest BCUT2D eigenvalue weighted by atomic mass is 10.1. The summed E-state index contributed by atoms with van der Waals surface area (Å²) >= 11 is 0. The summed E-state index contributed by atoms with van der Waals surface area (Å²) in [6.45, 7) is 1.60. The van der Waals surface area contributed by atoms with Crippen LogP contribution in [0.5, 0.6) is 5.88 Å². The van der Waals surface area contributed by atoms with Crippen molar-refractivity contribution in [3.63, 3.8) is 0 Å².